The van der Waals surface area contributed by atoms with Gasteiger partial charge in [-0.15, -0.1) is 0 Å². The number of H-pyrrole nitrogens is 1. The van der Waals surface area contributed by atoms with Crippen LogP contribution in [-0.2, 0) is 17.8 Å². The van der Waals surface area contributed by atoms with E-state index in [1.54, 1.807) is 6.07 Å². The van der Waals surface area contributed by atoms with E-state index in [4.69, 9.17) is 11.6 Å². The molecule has 26 heavy (non-hydrogen) atoms. The third-order valence-corrected chi connectivity index (χ3v) is 4.70. The number of carbonyl (C=O) groups is 1. The van der Waals surface area contributed by atoms with Gasteiger partial charge in [-0.05, 0) is 35.4 Å². The van der Waals surface area contributed by atoms with E-state index in [2.05, 4.69) is 16.4 Å². The van der Waals surface area contributed by atoms with E-state index >= 15 is 0 Å². The van der Waals surface area contributed by atoms with Crippen molar-refractivity contribution in [3.63, 3.8) is 0 Å². The van der Waals surface area contributed by atoms with Crippen molar-refractivity contribution in [1.29, 1.82) is 0 Å². The Morgan fingerprint density at radius 1 is 0.962 bits per heavy atom. The first kappa shape index (κ1) is 16.6. The molecule has 3 aromatic carbocycles. The van der Waals surface area contributed by atoms with Crippen LogP contribution in [-0.4, -0.2) is 10.9 Å². The molecule has 5 heteroatoms. The molecule has 0 atom stereocenters. The fraction of sp³-hybridized carbons (Fsp3) is 0.0952. The summed E-state index contributed by atoms with van der Waals surface area (Å²) in [5.74, 6) is -0.561. The molecule has 2 N–H and O–H groups in total. The van der Waals surface area contributed by atoms with Crippen LogP contribution in [0.25, 0.3) is 21.8 Å². The van der Waals surface area contributed by atoms with Crippen LogP contribution >= 0.6 is 11.6 Å². The molecule has 0 unspecified atom stereocenters. The molecular weight excluding hydrogens is 351 g/mol. The summed E-state index contributed by atoms with van der Waals surface area (Å²) in [7, 11) is 0. The fourth-order valence-electron chi connectivity index (χ4n) is 3.11. The standard InChI is InChI=1S/C21H16ClFN2O/c22-17-9-14(6-8-18(17)23)12-24-21(26)11-13-5-7-16-15-3-1-2-4-19(15)25-20(16)10-13/h1-10,25H,11-12H2,(H,24,26). The third kappa shape index (κ3) is 3.28. The molecule has 1 heterocycles. The highest BCUT2D eigenvalue weighted by atomic mass is 35.5. The van der Waals surface area contributed by atoms with Gasteiger partial charge in [-0.3, -0.25) is 4.79 Å². The van der Waals surface area contributed by atoms with E-state index in [1.165, 1.54) is 17.5 Å². The zero-order valence-corrected chi connectivity index (χ0v) is 14.6. The van der Waals surface area contributed by atoms with E-state index in [9.17, 15) is 9.18 Å². The normalized spacial score (nSPS) is 11.2. The molecule has 0 aliphatic rings. The number of hydrogen-bond donors (Lipinski definition) is 2. The van der Waals surface area contributed by atoms with Crippen LogP contribution in [0.5, 0.6) is 0 Å². The minimum Gasteiger partial charge on any atom is -0.355 e. The lowest BCUT2D eigenvalue weighted by atomic mass is 10.1. The van der Waals surface area contributed by atoms with Gasteiger partial charge in [-0.25, -0.2) is 4.39 Å². The Bertz CT molecular complexity index is 1120. The van der Waals surface area contributed by atoms with E-state index in [1.807, 2.05) is 36.4 Å². The average Bonchev–Trinajstić information content (AvgIpc) is 3.00. The molecule has 4 rings (SSSR count). The molecule has 130 valence electrons. The molecule has 1 aromatic heterocycles. The van der Waals surface area contributed by atoms with Gasteiger partial charge >= 0.3 is 0 Å². The van der Waals surface area contributed by atoms with Crippen LogP contribution in [0.3, 0.4) is 0 Å². The smallest absolute Gasteiger partial charge is 0.224 e. The quantitative estimate of drug-likeness (QED) is 0.526. The minimum absolute atomic E-state index is 0.0565. The highest BCUT2D eigenvalue weighted by Gasteiger charge is 2.08. The molecule has 1 amide bonds. The number of para-hydroxylation sites is 1. The molecule has 4 aromatic rings. The zero-order valence-electron chi connectivity index (χ0n) is 13.9. The highest BCUT2D eigenvalue weighted by Crippen LogP contribution is 2.26. The van der Waals surface area contributed by atoms with E-state index in [-0.39, 0.29) is 17.4 Å². The topological polar surface area (TPSA) is 44.9 Å². The zero-order chi connectivity index (χ0) is 18.1. The van der Waals surface area contributed by atoms with Gasteiger partial charge < -0.3 is 10.3 Å². The molecule has 0 bridgehead atoms. The number of aromatic nitrogens is 1. The summed E-state index contributed by atoms with van der Waals surface area (Å²) in [6, 6.07) is 18.6. The van der Waals surface area contributed by atoms with Gasteiger partial charge in [0.25, 0.3) is 0 Å². The van der Waals surface area contributed by atoms with Crippen molar-refractivity contribution >= 4 is 39.3 Å². The largest absolute Gasteiger partial charge is 0.355 e. The highest BCUT2D eigenvalue weighted by molar-refractivity contribution is 6.30. The Morgan fingerprint density at radius 2 is 1.73 bits per heavy atom. The molecule has 3 nitrogen and oxygen atoms in total. The Kier molecular flexibility index (Phi) is 4.35. The first-order chi connectivity index (χ1) is 12.6. The molecule has 0 aliphatic heterocycles. The van der Waals surface area contributed by atoms with Gasteiger partial charge in [0.15, 0.2) is 0 Å². The van der Waals surface area contributed by atoms with Crippen molar-refractivity contribution in [2.45, 2.75) is 13.0 Å². The Balaban J connectivity index is 1.46. The maximum absolute atomic E-state index is 13.2. The van der Waals surface area contributed by atoms with Gasteiger partial charge in [0.2, 0.25) is 5.91 Å². The summed E-state index contributed by atoms with van der Waals surface area (Å²) in [5.41, 5.74) is 3.79. The number of nitrogens with one attached hydrogen (secondary N) is 2. The lowest BCUT2D eigenvalue weighted by Gasteiger charge is -2.06. The summed E-state index contributed by atoms with van der Waals surface area (Å²) < 4.78 is 13.2. The summed E-state index contributed by atoms with van der Waals surface area (Å²) >= 11 is 5.76. The Labute approximate surface area is 154 Å². The van der Waals surface area contributed by atoms with Crippen LogP contribution < -0.4 is 5.32 Å². The molecule has 0 saturated carbocycles. The van der Waals surface area contributed by atoms with E-state index < -0.39 is 5.82 Å². The first-order valence-electron chi connectivity index (χ1n) is 8.30. The molecule has 0 aliphatic carbocycles. The van der Waals surface area contributed by atoms with Crippen molar-refractivity contribution in [2.24, 2.45) is 0 Å². The summed E-state index contributed by atoms with van der Waals surface area (Å²) in [4.78, 5) is 15.6. The molecule has 0 saturated heterocycles. The number of halogens is 2. The Hall–Kier alpha value is -2.85. The second-order valence-corrected chi connectivity index (χ2v) is 6.66. The van der Waals surface area contributed by atoms with Gasteiger partial charge in [0, 0.05) is 28.4 Å². The summed E-state index contributed by atoms with van der Waals surface area (Å²) in [6.07, 6.45) is 0.278. The first-order valence-corrected chi connectivity index (χ1v) is 8.68. The predicted molar refractivity (Wildman–Crippen MR) is 103 cm³/mol. The monoisotopic (exact) mass is 366 g/mol. The summed E-state index contributed by atoms with van der Waals surface area (Å²) in [6.45, 7) is 0.313. The van der Waals surface area contributed by atoms with Gasteiger partial charge in [0.1, 0.15) is 5.82 Å². The lowest BCUT2D eigenvalue weighted by Crippen LogP contribution is -2.24. The summed E-state index contributed by atoms with van der Waals surface area (Å²) in [5, 5.41) is 5.21. The maximum atomic E-state index is 13.2. The molecule has 0 fully saturated rings. The van der Waals surface area contributed by atoms with Crippen molar-refractivity contribution in [1.82, 2.24) is 10.3 Å². The fourth-order valence-corrected chi connectivity index (χ4v) is 3.31. The number of amides is 1. The van der Waals surface area contributed by atoms with Crippen molar-refractivity contribution in [2.75, 3.05) is 0 Å². The Morgan fingerprint density at radius 3 is 2.58 bits per heavy atom. The average molecular weight is 367 g/mol. The predicted octanol–water partition coefficient (Wildman–Crippen LogP) is 4.97. The molecule has 0 radical (unpaired) electrons. The SMILES string of the molecule is O=C(Cc1ccc2c(c1)[nH]c1ccccc12)NCc1ccc(F)c(Cl)c1. The number of carbonyl (C=O) groups excluding carboxylic acids is 1. The second kappa shape index (κ2) is 6.81. The van der Waals surface area contributed by atoms with Crippen LogP contribution in [0.2, 0.25) is 5.02 Å². The van der Waals surface area contributed by atoms with E-state index in [0.29, 0.717) is 6.54 Å². The second-order valence-electron chi connectivity index (χ2n) is 6.25. The number of aromatic amines is 1. The van der Waals surface area contributed by atoms with Crippen LogP contribution in [0.1, 0.15) is 11.1 Å². The molecule has 0 spiro atoms. The van der Waals surface area contributed by atoms with Crippen molar-refractivity contribution in [3.05, 3.63) is 82.6 Å². The number of benzene rings is 3. The van der Waals surface area contributed by atoms with Crippen molar-refractivity contribution < 1.29 is 9.18 Å². The molecular formula is C21H16ClFN2O. The number of rotatable bonds is 4. The van der Waals surface area contributed by atoms with Crippen LogP contribution in [0, 0.1) is 5.82 Å². The van der Waals surface area contributed by atoms with Gasteiger partial charge in [0.05, 0.1) is 11.4 Å². The minimum atomic E-state index is -0.464. The number of hydrogen-bond acceptors (Lipinski definition) is 1. The van der Waals surface area contributed by atoms with Crippen LogP contribution in [0.4, 0.5) is 4.39 Å². The maximum Gasteiger partial charge on any atom is 0.224 e. The number of fused-ring (bicyclic) bond motifs is 3. The van der Waals surface area contributed by atoms with E-state index in [0.717, 1.165) is 27.5 Å². The van der Waals surface area contributed by atoms with Gasteiger partial charge in [-0.1, -0.05) is 48.0 Å². The van der Waals surface area contributed by atoms with Gasteiger partial charge in [-0.2, -0.15) is 0 Å². The third-order valence-electron chi connectivity index (χ3n) is 4.41. The lowest BCUT2D eigenvalue weighted by molar-refractivity contribution is -0.120. The van der Waals surface area contributed by atoms with Crippen LogP contribution in [0.15, 0.2) is 60.7 Å². The van der Waals surface area contributed by atoms with Crippen molar-refractivity contribution in [3.8, 4) is 0 Å².